The summed E-state index contributed by atoms with van der Waals surface area (Å²) >= 11 is 0. The molecule has 2 aromatic rings. The van der Waals surface area contributed by atoms with E-state index in [9.17, 15) is 4.79 Å². The Balaban J connectivity index is 2.04. The van der Waals surface area contributed by atoms with Crippen LogP contribution in [-0.2, 0) is 6.42 Å². The molecule has 3 N–H and O–H groups in total. The third-order valence-corrected chi connectivity index (χ3v) is 2.65. The minimum atomic E-state index is -0.296. The van der Waals surface area contributed by atoms with E-state index in [1.54, 1.807) is 0 Å². The fourth-order valence-corrected chi connectivity index (χ4v) is 1.69. The molecule has 1 aromatic carbocycles. The highest BCUT2D eigenvalue weighted by atomic mass is 16.1. The number of aryl methyl sites for hydroxylation is 1. The Hall–Kier alpha value is -2.43. The second-order valence-corrected chi connectivity index (χ2v) is 4.23. The SMILES string of the molecule is CCCc1ccc(NC(=O)c2cnc(N)cn2)cc1. The number of aromatic nitrogens is 2. The number of nitrogens with one attached hydrogen (secondary N) is 1. The summed E-state index contributed by atoms with van der Waals surface area (Å²) in [7, 11) is 0. The second-order valence-electron chi connectivity index (χ2n) is 4.23. The predicted molar refractivity (Wildman–Crippen MR) is 74.8 cm³/mol. The summed E-state index contributed by atoms with van der Waals surface area (Å²) < 4.78 is 0. The van der Waals surface area contributed by atoms with Gasteiger partial charge in [-0.15, -0.1) is 0 Å². The summed E-state index contributed by atoms with van der Waals surface area (Å²) in [6.45, 7) is 2.13. The molecule has 0 aliphatic carbocycles. The Morgan fingerprint density at radius 3 is 2.53 bits per heavy atom. The van der Waals surface area contributed by atoms with E-state index >= 15 is 0 Å². The number of benzene rings is 1. The van der Waals surface area contributed by atoms with Gasteiger partial charge in [-0.25, -0.2) is 9.97 Å². The molecule has 1 aromatic heterocycles. The Bertz CT molecular complexity index is 549. The Morgan fingerprint density at radius 1 is 1.21 bits per heavy atom. The first kappa shape index (κ1) is 13.0. The number of carbonyl (C=O) groups is 1. The molecule has 0 atom stereocenters. The molecule has 0 bridgehead atoms. The monoisotopic (exact) mass is 256 g/mol. The van der Waals surface area contributed by atoms with Crippen molar-refractivity contribution in [2.75, 3.05) is 11.1 Å². The molecule has 0 unspecified atom stereocenters. The number of carbonyl (C=O) groups excluding carboxylic acids is 1. The lowest BCUT2D eigenvalue weighted by Crippen LogP contribution is -2.14. The third-order valence-electron chi connectivity index (χ3n) is 2.65. The number of hydrogen-bond acceptors (Lipinski definition) is 4. The van der Waals surface area contributed by atoms with Gasteiger partial charge in [0.2, 0.25) is 0 Å². The highest BCUT2D eigenvalue weighted by Crippen LogP contribution is 2.12. The Kier molecular flexibility index (Phi) is 4.07. The summed E-state index contributed by atoms with van der Waals surface area (Å²) in [6, 6.07) is 7.78. The molecular formula is C14H16N4O. The maximum absolute atomic E-state index is 11.9. The van der Waals surface area contributed by atoms with E-state index in [1.807, 2.05) is 24.3 Å². The summed E-state index contributed by atoms with van der Waals surface area (Å²) in [5.41, 5.74) is 7.66. The van der Waals surface area contributed by atoms with E-state index < -0.39 is 0 Å². The molecule has 98 valence electrons. The van der Waals surface area contributed by atoms with Crippen molar-refractivity contribution in [2.24, 2.45) is 0 Å². The van der Waals surface area contributed by atoms with Crippen LogP contribution in [0.3, 0.4) is 0 Å². The number of anilines is 2. The van der Waals surface area contributed by atoms with Crippen LogP contribution in [0.4, 0.5) is 11.5 Å². The topological polar surface area (TPSA) is 80.9 Å². The molecule has 2 rings (SSSR count). The van der Waals surface area contributed by atoms with Crippen molar-refractivity contribution in [3.8, 4) is 0 Å². The van der Waals surface area contributed by atoms with Gasteiger partial charge in [-0.05, 0) is 24.1 Å². The number of hydrogen-bond donors (Lipinski definition) is 2. The van der Waals surface area contributed by atoms with Crippen LogP contribution in [0.5, 0.6) is 0 Å². The number of nitrogens with zero attached hydrogens (tertiary/aromatic N) is 2. The van der Waals surface area contributed by atoms with Crippen LogP contribution >= 0.6 is 0 Å². The highest BCUT2D eigenvalue weighted by molar-refractivity contribution is 6.02. The van der Waals surface area contributed by atoms with Crippen LogP contribution in [-0.4, -0.2) is 15.9 Å². The quantitative estimate of drug-likeness (QED) is 0.879. The van der Waals surface area contributed by atoms with Crippen LogP contribution in [0, 0.1) is 0 Å². The minimum absolute atomic E-state index is 0.242. The molecule has 0 radical (unpaired) electrons. The molecule has 19 heavy (non-hydrogen) atoms. The molecule has 0 saturated heterocycles. The van der Waals surface area contributed by atoms with Gasteiger partial charge < -0.3 is 11.1 Å². The van der Waals surface area contributed by atoms with E-state index in [4.69, 9.17) is 5.73 Å². The van der Waals surface area contributed by atoms with Gasteiger partial charge in [0.1, 0.15) is 11.5 Å². The van der Waals surface area contributed by atoms with Crippen molar-refractivity contribution < 1.29 is 4.79 Å². The van der Waals surface area contributed by atoms with Gasteiger partial charge in [0.15, 0.2) is 0 Å². The zero-order chi connectivity index (χ0) is 13.7. The summed E-state index contributed by atoms with van der Waals surface area (Å²) in [5.74, 6) is -0.00351. The lowest BCUT2D eigenvalue weighted by Gasteiger charge is -2.05. The molecule has 0 aliphatic rings. The lowest BCUT2D eigenvalue weighted by atomic mass is 10.1. The predicted octanol–water partition coefficient (Wildman–Crippen LogP) is 2.26. The van der Waals surface area contributed by atoms with E-state index in [-0.39, 0.29) is 11.6 Å². The molecule has 0 spiro atoms. The van der Waals surface area contributed by atoms with Crippen LogP contribution in [0.1, 0.15) is 29.4 Å². The van der Waals surface area contributed by atoms with Gasteiger partial charge in [0, 0.05) is 5.69 Å². The maximum atomic E-state index is 11.9. The van der Waals surface area contributed by atoms with Crippen LogP contribution < -0.4 is 11.1 Å². The molecule has 1 heterocycles. The lowest BCUT2D eigenvalue weighted by molar-refractivity contribution is 0.102. The summed E-state index contributed by atoms with van der Waals surface area (Å²) in [4.78, 5) is 19.6. The average molecular weight is 256 g/mol. The van der Waals surface area contributed by atoms with Crippen LogP contribution in [0.15, 0.2) is 36.7 Å². The average Bonchev–Trinajstić information content (AvgIpc) is 2.42. The van der Waals surface area contributed by atoms with Crippen molar-refractivity contribution in [2.45, 2.75) is 19.8 Å². The van der Waals surface area contributed by atoms with Gasteiger partial charge in [0.05, 0.1) is 12.4 Å². The minimum Gasteiger partial charge on any atom is -0.382 e. The van der Waals surface area contributed by atoms with Crippen LogP contribution in [0.25, 0.3) is 0 Å². The highest BCUT2D eigenvalue weighted by Gasteiger charge is 2.07. The Labute approximate surface area is 111 Å². The van der Waals surface area contributed by atoms with Crippen molar-refractivity contribution >= 4 is 17.4 Å². The molecule has 0 fully saturated rings. The zero-order valence-corrected chi connectivity index (χ0v) is 10.8. The number of rotatable bonds is 4. The second kappa shape index (κ2) is 5.95. The fourth-order valence-electron chi connectivity index (χ4n) is 1.69. The third kappa shape index (κ3) is 3.51. The van der Waals surface area contributed by atoms with E-state index in [1.165, 1.54) is 18.0 Å². The molecule has 5 heteroatoms. The van der Waals surface area contributed by atoms with Crippen molar-refractivity contribution in [1.29, 1.82) is 0 Å². The first-order valence-electron chi connectivity index (χ1n) is 6.17. The zero-order valence-electron chi connectivity index (χ0n) is 10.8. The van der Waals surface area contributed by atoms with Crippen molar-refractivity contribution in [3.05, 3.63) is 47.9 Å². The molecular weight excluding hydrogens is 240 g/mol. The van der Waals surface area contributed by atoms with Gasteiger partial charge in [-0.3, -0.25) is 4.79 Å². The van der Waals surface area contributed by atoms with Crippen molar-refractivity contribution in [3.63, 3.8) is 0 Å². The molecule has 1 amide bonds. The maximum Gasteiger partial charge on any atom is 0.275 e. The smallest absolute Gasteiger partial charge is 0.275 e. The summed E-state index contributed by atoms with van der Waals surface area (Å²) in [5, 5.41) is 2.76. The number of amides is 1. The first-order valence-corrected chi connectivity index (χ1v) is 6.17. The normalized spacial score (nSPS) is 10.2. The molecule has 0 saturated carbocycles. The van der Waals surface area contributed by atoms with Crippen LogP contribution in [0.2, 0.25) is 0 Å². The largest absolute Gasteiger partial charge is 0.382 e. The van der Waals surface area contributed by atoms with Gasteiger partial charge >= 0.3 is 0 Å². The number of nitrogens with two attached hydrogens (primary N) is 1. The van der Waals surface area contributed by atoms with Crippen molar-refractivity contribution in [1.82, 2.24) is 9.97 Å². The van der Waals surface area contributed by atoms with Gasteiger partial charge in [-0.2, -0.15) is 0 Å². The van der Waals surface area contributed by atoms with E-state index in [2.05, 4.69) is 22.2 Å². The first-order chi connectivity index (χ1) is 9.19. The van der Waals surface area contributed by atoms with Gasteiger partial charge in [-0.1, -0.05) is 25.5 Å². The van der Waals surface area contributed by atoms with Gasteiger partial charge in [0.25, 0.3) is 5.91 Å². The molecule has 5 nitrogen and oxygen atoms in total. The molecule has 0 aliphatic heterocycles. The Morgan fingerprint density at radius 2 is 1.95 bits per heavy atom. The van der Waals surface area contributed by atoms with E-state index in [0.29, 0.717) is 5.82 Å². The number of nitrogen functional groups attached to an aromatic ring is 1. The fraction of sp³-hybridized carbons (Fsp3) is 0.214. The standard InChI is InChI=1S/C14H16N4O/c1-2-3-10-4-6-11(7-5-10)18-14(19)12-8-17-13(15)9-16-12/h4-9H,2-3H2,1H3,(H2,15,17)(H,18,19). The summed E-state index contributed by atoms with van der Waals surface area (Å²) in [6.07, 6.45) is 4.86. The van der Waals surface area contributed by atoms with E-state index in [0.717, 1.165) is 18.5 Å².